The fourth-order valence-corrected chi connectivity index (χ4v) is 5.34. The van der Waals surface area contributed by atoms with E-state index in [4.69, 9.17) is 4.74 Å². The molecule has 2 aromatic heterocycles. The number of fused-ring (bicyclic) bond motifs is 4. The summed E-state index contributed by atoms with van der Waals surface area (Å²) in [5.41, 5.74) is 5.54. The molecule has 7 nitrogen and oxygen atoms in total. The van der Waals surface area contributed by atoms with Crippen molar-refractivity contribution in [2.75, 3.05) is 7.11 Å². The van der Waals surface area contributed by atoms with E-state index < -0.39 is 0 Å². The first-order valence-electron chi connectivity index (χ1n) is 11.0. The SMILES string of the molecule is COc1ccc(-n2ncc3c2C[C@@H]2CC[C@H]3N2C(=O)C[C@@H](C)n2nc(C)cc2C)cc1. The van der Waals surface area contributed by atoms with Crippen LogP contribution in [0.4, 0.5) is 0 Å². The number of benzene rings is 1. The summed E-state index contributed by atoms with van der Waals surface area (Å²) in [6, 6.07) is 10.4. The Hall–Kier alpha value is -3.09. The molecular weight excluding hydrogens is 390 g/mol. The maximum atomic E-state index is 13.4. The third kappa shape index (κ3) is 3.32. The summed E-state index contributed by atoms with van der Waals surface area (Å²) in [6.45, 7) is 6.12. The predicted molar refractivity (Wildman–Crippen MR) is 117 cm³/mol. The molecule has 2 aliphatic heterocycles. The minimum absolute atomic E-state index is 0.0454. The van der Waals surface area contributed by atoms with Gasteiger partial charge in [-0.2, -0.15) is 10.2 Å². The summed E-state index contributed by atoms with van der Waals surface area (Å²) < 4.78 is 9.28. The third-order valence-corrected chi connectivity index (χ3v) is 6.73. The van der Waals surface area contributed by atoms with Crippen molar-refractivity contribution in [3.05, 3.63) is 59.2 Å². The molecule has 0 aliphatic carbocycles. The van der Waals surface area contributed by atoms with Crippen LogP contribution in [0.25, 0.3) is 5.69 Å². The van der Waals surface area contributed by atoms with E-state index in [0.717, 1.165) is 42.1 Å². The molecule has 0 unspecified atom stereocenters. The maximum absolute atomic E-state index is 13.4. The second-order valence-corrected chi connectivity index (χ2v) is 8.83. The second kappa shape index (κ2) is 7.55. The molecule has 1 aromatic carbocycles. The van der Waals surface area contributed by atoms with Crippen LogP contribution in [0, 0.1) is 13.8 Å². The molecule has 5 rings (SSSR count). The number of aromatic nitrogens is 4. The highest BCUT2D eigenvalue weighted by molar-refractivity contribution is 5.78. The number of carbonyl (C=O) groups is 1. The van der Waals surface area contributed by atoms with Gasteiger partial charge in [0.15, 0.2) is 0 Å². The fraction of sp³-hybridized carbons (Fsp3) is 0.458. The highest BCUT2D eigenvalue weighted by atomic mass is 16.5. The molecule has 2 bridgehead atoms. The van der Waals surface area contributed by atoms with Crippen molar-refractivity contribution in [3.8, 4) is 11.4 Å². The van der Waals surface area contributed by atoms with Crippen molar-refractivity contribution < 1.29 is 9.53 Å². The number of aryl methyl sites for hydroxylation is 2. The number of amides is 1. The zero-order valence-corrected chi connectivity index (χ0v) is 18.6. The molecule has 3 aromatic rings. The molecule has 4 heterocycles. The summed E-state index contributed by atoms with van der Waals surface area (Å²) in [5.74, 6) is 1.05. The van der Waals surface area contributed by atoms with Gasteiger partial charge in [-0.1, -0.05) is 0 Å². The highest BCUT2D eigenvalue weighted by Crippen LogP contribution is 2.44. The zero-order chi connectivity index (χ0) is 21.7. The van der Waals surface area contributed by atoms with Gasteiger partial charge in [0, 0.05) is 30.1 Å². The minimum atomic E-state index is 0.0454. The largest absolute Gasteiger partial charge is 0.497 e. The van der Waals surface area contributed by atoms with Crippen molar-refractivity contribution in [1.82, 2.24) is 24.5 Å². The normalized spacial score (nSPS) is 20.6. The van der Waals surface area contributed by atoms with Gasteiger partial charge in [0.05, 0.1) is 42.5 Å². The lowest BCUT2D eigenvalue weighted by molar-refractivity contribution is -0.135. The van der Waals surface area contributed by atoms with E-state index in [9.17, 15) is 4.79 Å². The average molecular weight is 420 g/mol. The first kappa shape index (κ1) is 19.8. The van der Waals surface area contributed by atoms with Crippen molar-refractivity contribution in [2.24, 2.45) is 0 Å². The Morgan fingerprint density at radius 2 is 2.00 bits per heavy atom. The number of methoxy groups -OCH3 is 1. The molecule has 31 heavy (non-hydrogen) atoms. The van der Waals surface area contributed by atoms with E-state index in [1.54, 1.807) is 7.11 Å². The molecule has 1 fully saturated rings. The Kier molecular flexibility index (Phi) is 4.84. The summed E-state index contributed by atoms with van der Waals surface area (Å²) >= 11 is 0. The first-order valence-corrected chi connectivity index (χ1v) is 11.0. The van der Waals surface area contributed by atoms with Crippen LogP contribution in [0.3, 0.4) is 0 Å². The Bertz CT molecular complexity index is 1110. The van der Waals surface area contributed by atoms with Crippen molar-refractivity contribution in [1.29, 1.82) is 0 Å². The number of nitrogens with zero attached hydrogens (tertiary/aromatic N) is 5. The molecule has 7 heteroatoms. The quantitative estimate of drug-likeness (QED) is 0.628. The molecular formula is C24H29N5O2. The van der Waals surface area contributed by atoms with Crippen LogP contribution in [0.1, 0.15) is 60.9 Å². The van der Waals surface area contributed by atoms with Crippen LogP contribution < -0.4 is 4.74 Å². The van der Waals surface area contributed by atoms with E-state index >= 15 is 0 Å². The lowest BCUT2D eigenvalue weighted by atomic mass is 9.99. The van der Waals surface area contributed by atoms with Crippen molar-refractivity contribution >= 4 is 5.91 Å². The predicted octanol–water partition coefficient (Wildman–Crippen LogP) is 3.93. The molecule has 0 radical (unpaired) electrons. The van der Waals surface area contributed by atoms with Crippen molar-refractivity contribution in [2.45, 2.75) is 64.6 Å². The lowest BCUT2D eigenvalue weighted by Crippen LogP contribution is -2.42. The topological polar surface area (TPSA) is 65.2 Å². The Morgan fingerprint density at radius 1 is 1.23 bits per heavy atom. The second-order valence-electron chi connectivity index (χ2n) is 8.83. The summed E-state index contributed by atoms with van der Waals surface area (Å²) in [6.07, 6.45) is 5.32. The standard InChI is InChI=1S/C24H29N5O2/c1-15-11-16(2)28(26-15)17(3)12-24(30)27-19-7-10-22(27)21-14-25-29(23(21)13-19)18-5-8-20(31-4)9-6-18/h5-6,8-9,11,14,17,19,22H,7,10,12-13H2,1-4H3/t17-,19+,22-/m1/s1. The lowest BCUT2D eigenvalue weighted by Gasteiger charge is -2.36. The van der Waals surface area contributed by atoms with Gasteiger partial charge < -0.3 is 9.64 Å². The molecule has 162 valence electrons. The number of carbonyl (C=O) groups excluding carboxylic acids is 1. The minimum Gasteiger partial charge on any atom is -0.497 e. The fourth-order valence-electron chi connectivity index (χ4n) is 5.34. The summed E-state index contributed by atoms with van der Waals surface area (Å²) in [5, 5.41) is 9.25. The van der Waals surface area contributed by atoms with Crippen LogP contribution in [0.15, 0.2) is 36.5 Å². The van der Waals surface area contributed by atoms with Crippen LogP contribution in [-0.4, -0.2) is 43.5 Å². The Balaban J connectivity index is 1.38. The monoisotopic (exact) mass is 419 g/mol. The van der Waals surface area contributed by atoms with Crippen LogP contribution >= 0.6 is 0 Å². The number of rotatable bonds is 5. The van der Waals surface area contributed by atoms with E-state index in [1.165, 1.54) is 11.3 Å². The highest BCUT2D eigenvalue weighted by Gasteiger charge is 2.44. The average Bonchev–Trinajstić information content (AvgIpc) is 3.43. The molecule has 3 atom stereocenters. The van der Waals surface area contributed by atoms with Crippen LogP contribution in [-0.2, 0) is 11.2 Å². The maximum Gasteiger partial charge on any atom is 0.225 e. The van der Waals surface area contributed by atoms with Gasteiger partial charge in [-0.05, 0) is 63.9 Å². The number of hydrogen-bond acceptors (Lipinski definition) is 4. The molecule has 2 aliphatic rings. The molecule has 0 N–H and O–H groups in total. The zero-order valence-electron chi connectivity index (χ0n) is 18.6. The van der Waals surface area contributed by atoms with Gasteiger partial charge in [0.1, 0.15) is 5.75 Å². The van der Waals surface area contributed by atoms with E-state index in [-0.39, 0.29) is 24.0 Å². The third-order valence-electron chi connectivity index (χ3n) is 6.73. The van der Waals surface area contributed by atoms with Gasteiger partial charge in [0.25, 0.3) is 0 Å². The van der Waals surface area contributed by atoms with Gasteiger partial charge in [-0.3, -0.25) is 9.48 Å². The number of ether oxygens (including phenoxy) is 1. The molecule has 1 amide bonds. The van der Waals surface area contributed by atoms with Crippen molar-refractivity contribution in [3.63, 3.8) is 0 Å². The molecule has 0 saturated carbocycles. The smallest absolute Gasteiger partial charge is 0.225 e. The van der Waals surface area contributed by atoms with Crippen LogP contribution in [0.2, 0.25) is 0 Å². The van der Waals surface area contributed by atoms with Gasteiger partial charge in [-0.15, -0.1) is 0 Å². The van der Waals surface area contributed by atoms with Gasteiger partial charge in [-0.25, -0.2) is 4.68 Å². The first-order chi connectivity index (χ1) is 15.0. The molecule has 1 saturated heterocycles. The van der Waals surface area contributed by atoms with Gasteiger partial charge >= 0.3 is 0 Å². The Labute approximate surface area is 182 Å². The summed E-state index contributed by atoms with van der Waals surface area (Å²) in [7, 11) is 1.67. The molecule has 0 spiro atoms. The van der Waals surface area contributed by atoms with E-state index in [0.29, 0.717) is 6.42 Å². The summed E-state index contributed by atoms with van der Waals surface area (Å²) in [4.78, 5) is 15.5. The van der Waals surface area contributed by atoms with E-state index in [1.807, 2.05) is 53.7 Å². The number of hydrogen-bond donors (Lipinski definition) is 0. The van der Waals surface area contributed by atoms with E-state index in [2.05, 4.69) is 28.1 Å². The van der Waals surface area contributed by atoms with Crippen LogP contribution in [0.5, 0.6) is 5.75 Å². The Morgan fingerprint density at radius 3 is 2.68 bits per heavy atom. The van der Waals surface area contributed by atoms with Gasteiger partial charge in [0.2, 0.25) is 5.91 Å².